The highest BCUT2D eigenvalue weighted by atomic mass is 32.1. The molecule has 0 fully saturated rings. The highest BCUT2D eigenvalue weighted by Gasteiger charge is 2.12. The standard InChI is InChI=1S/C15H20N4O2S/c1-11-4-6-12(7-5-11)16-14(20)10-19(2)15-17-13(18-22-15)8-9-21-3/h4-7H,8-10H2,1-3H3,(H,16,20). The highest BCUT2D eigenvalue weighted by Crippen LogP contribution is 2.16. The molecule has 1 aromatic heterocycles. The zero-order chi connectivity index (χ0) is 15.9. The molecule has 0 saturated carbocycles. The van der Waals surface area contributed by atoms with Crippen LogP contribution in [-0.4, -0.2) is 42.6 Å². The average molecular weight is 320 g/mol. The number of rotatable bonds is 7. The van der Waals surface area contributed by atoms with Crippen molar-refractivity contribution in [1.29, 1.82) is 0 Å². The van der Waals surface area contributed by atoms with E-state index in [9.17, 15) is 4.79 Å². The number of nitrogens with one attached hydrogen (secondary N) is 1. The number of hydrogen-bond donors (Lipinski definition) is 1. The quantitative estimate of drug-likeness (QED) is 0.846. The number of ether oxygens (including phenoxy) is 1. The molecule has 0 aliphatic heterocycles. The van der Waals surface area contributed by atoms with Crippen LogP contribution in [-0.2, 0) is 16.0 Å². The Hall–Kier alpha value is -1.99. The predicted molar refractivity (Wildman–Crippen MR) is 88.6 cm³/mol. The van der Waals surface area contributed by atoms with Crippen LogP contribution in [0.1, 0.15) is 11.4 Å². The van der Waals surface area contributed by atoms with E-state index in [-0.39, 0.29) is 12.5 Å². The SMILES string of the molecule is COCCc1nsc(N(C)CC(=O)Nc2ccc(C)cc2)n1. The number of carbonyl (C=O) groups is 1. The van der Waals surface area contributed by atoms with Crippen LogP contribution in [0.5, 0.6) is 0 Å². The van der Waals surface area contributed by atoms with Crippen molar-refractivity contribution in [3.05, 3.63) is 35.7 Å². The average Bonchev–Trinajstić information content (AvgIpc) is 2.96. The maximum Gasteiger partial charge on any atom is 0.243 e. The Labute approximate surface area is 134 Å². The van der Waals surface area contributed by atoms with E-state index in [0.29, 0.717) is 13.0 Å². The Kier molecular flexibility index (Phi) is 5.85. The van der Waals surface area contributed by atoms with Crippen LogP contribution < -0.4 is 10.2 Å². The van der Waals surface area contributed by atoms with Crippen molar-refractivity contribution in [2.24, 2.45) is 0 Å². The van der Waals surface area contributed by atoms with Crippen molar-refractivity contribution < 1.29 is 9.53 Å². The lowest BCUT2D eigenvalue weighted by Crippen LogP contribution is -2.30. The maximum absolute atomic E-state index is 12.0. The second-order valence-electron chi connectivity index (χ2n) is 5.01. The number of hydrogen-bond acceptors (Lipinski definition) is 6. The lowest BCUT2D eigenvalue weighted by molar-refractivity contribution is -0.114. The summed E-state index contributed by atoms with van der Waals surface area (Å²) in [6, 6.07) is 7.71. The summed E-state index contributed by atoms with van der Waals surface area (Å²) in [6.45, 7) is 2.83. The van der Waals surface area contributed by atoms with Gasteiger partial charge in [0.15, 0.2) is 0 Å². The monoisotopic (exact) mass is 320 g/mol. The van der Waals surface area contributed by atoms with E-state index in [1.54, 1.807) is 12.0 Å². The third-order valence-electron chi connectivity index (χ3n) is 3.03. The summed E-state index contributed by atoms with van der Waals surface area (Å²) in [5.41, 5.74) is 1.95. The van der Waals surface area contributed by atoms with Crippen molar-refractivity contribution >= 4 is 28.3 Å². The number of methoxy groups -OCH3 is 1. The smallest absolute Gasteiger partial charge is 0.243 e. The van der Waals surface area contributed by atoms with Gasteiger partial charge in [-0.1, -0.05) is 17.7 Å². The number of anilines is 2. The van der Waals surface area contributed by atoms with Crippen LogP contribution in [0, 0.1) is 6.92 Å². The molecule has 2 aromatic rings. The van der Waals surface area contributed by atoms with Gasteiger partial charge in [-0.15, -0.1) is 0 Å². The molecule has 2 rings (SSSR count). The van der Waals surface area contributed by atoms with Gasteiger partial charge in [0, 0.05) is 37.8 Å². The third kappa shape index (κ3) is 4.78. The molecule has 0 unspecified atom stereocenters. The van der Waals surface area contributed by atoms with E-state index < -0.39 is 0 Å². The van der Waals surface area contributed by atoms with Crippen LogP contribution in [0.4, 0.5) is 10.8 Å². The molecule has 0 saturated heterocycles. The molecule has 0 atom stereocenters. The number of aromatic nitrogens is 2. The highest BCUT2D eigenvalue weighted by molar-refractivity contribution is 7.09. The first-order valence-electron chi connectivity index (χ1n) is 6.97. The molecule has 1 amide bonds. The lowest BCUT2D eigenvalue weighted by atomic mass is 10.2. The summed E-state index contributed by atoms with van der Waals surface area (Å²) >= 11 is 1.29. The van der Waals surface area contributed by atoms with Gasteiger partial charge in [-0.05, 0) is 19.1 Å². The predicted octanol–water partition coefficient (Wildman–Crippen LogP) is 2.11. The van der Waals surface area contributed by atoms with E-state index >= 15 is 0 Å². The summed E-state index contributed by atoms with van der Waals surface area (Å²) in [4.78, 5) is 18.2. The van der Waals surface area contributed by atoms with Gasteiger partial charge in [-0.3, -0.25) is 4.79 Å². The molecule has 22 heavy (non-hydrogen) atoms. The first kappa shape index (κ1) is 16.4. The first-order chi connectivity index (χ1) is 10.6. The van der Waals surface area contributed by atoms with E-state index in [1.807, 2.05) is 38.2 Å². The van der Waals surface area contributed by atoms with Gasteiger partial charge in [0.05, 0.1) is 13.2 Å². The largest absolute Gasteiger partial charge is 0.384 e. The second kappa shape index (κ2) is 7.86. The Morgan fingerprint density at radius 2 is 2.09 bits per heavy atom. The second-order valence-corrected chi connectivity index (χ2v) is 5.74. The topological polar surface area (TPSA) is 67.3 Å². The molecular weight excluding hydrogens is 300 g/mol. The van der Waals surface area contributed by atoms with Crippen molar-refractivity contribution in [2.75, 3.05) is 37.5 Å². The number of aryl methyl sites for hydroxylation is 1. The van der Waals surface area contributed by atoms with E-state index in [4.69, 9.17) is 4.74 Å². The van der Waals surface area contributed by atoms with Gasteiger partial charge in [-0.25, -0.2) is 4.98 Å². The zero-order valence-corrected chi connectivity index (χ0v) is 13.8. The lowest BCUT2D eigenvalue weighted by Gasteiger charge is -2.14. The van der Waals surface area contributed by atoms with Crippen molar-refractivity contribution in [3.63, 3.8) is 0 Å². The van der Waals surface area contributed by atoms with Crippen LogP contribution in [0.15, 0.2) is 24.3 Å². The Bertz CT molecular complexity index is 612. The number of benzene rings is 1. The van der Waals surface area contributed by atoms with E-state index in [2.05, 4.69) is 14.7 Å². The zero-order valence-electron chi connectivity index (χ0n) is 13.0. The number of carbonyl (C=O) groups excluding carboxylic acids is 1. The van der Waals surface area contributed by atoms with Gasteiger partial charge in [0.25, 0.3) is 0 Å². The maximum atomic E-state index is 12.0. The van der Waals surface area contributed by atoms with Crippen molar-refractivity contribution in [1.82, 2.24) is 9.36 Å². The van der Waals surface area contributed by atoms with Crippen LogP contribution in [0.25, 0.3) is 0 Å². The van der Waals surface area contributed by atoms with Crippen molar-refractivity contribution in [2.45, 2.75) is 13.3 Å². The number of amides is 1. The van der Waals surface area contributed by atoms with E-state index in [1.165, 1.54) is 11.5 Å². The summed E-state index contributed by atoms with van der Waals surface area (Å²) in [7, 11) is 3.48. The molecular formula is C15H20N4O2S. The summed E-state index contributed by atoms with van der Waals surface area (Å²) < 4.78 is 9.25. The first-order valence-corrected chi connectivity index (χ1v) is 7.75. The minimum absolute atomic E-state index is 0.0833. The molecule has 0 aliphatic rings. The molecule has 1 aromatic carbocycles. The number of likely N-dealkylation sites (N-methyl/N-ethyl adjacent to an activating group) is 1. The normalized spacial score (nSPS) is 10.5. The fourth-order valence-electron chi connectivity index (χ4n) is 1.82. The van der Waals surface area contributed by atoms with Gasteiger partial charge < -0.3 is 15.0 Å². The van der Waals surface area contributed by atoms with Crippen LogP contribution >= 0.6 is 11.5 Å². The van der Waals surface area contributed by atoms with Gasteiger partial charge in [-0.2, -0.15) is 4.37 Å². The Morgan fingerprint density at radius 3 is 2.77 bits per heavy atom. The van der Waals surface area contributed by atoms with Crippen molar-refractivity contribution in [3.8, 4) is 0 Å². The van der Waals surface area contributed by atoms with Gasteiger partial charge >= 0.3 is 0 Å². The Balaban J connectivity index is 1.87. The molecule has 1 N–H and O–H groups in total. The number of nitrogens with zero attached hydrogens (tertiary/aromatic N) is 3. The Morgan fingerprint density at radius 1 is 1.36 bits per heavy atom. The minimum atomic E-state index is -0.0833. The molecule has 7 heteroatoms. The molecule has 118 valence electrons. The van der Waals surface area contributed by atoms with Gasteiger partial charge in [0.2, 0.25) is 11.0 Å². The molecule has 0 spiro atoms. The van der Waals surface area contributed by atoms with Gasteiger partial charge in [0.1, 0.15) is 5.82 Å². The molecule has 6 nitrogen and oxygen atoms in total. The molecule has 1 heterocycles. The van der Waals surface area contributed by atoms with Crippen LogP contribution in [0.3, 0.4) is 0 Å². The van der Waals surface area contributed by atoms with Crippen LogP contribution in [0.2, 0.25) is 0 Å². The van der Waals surface area contributed by atoms with E-state index in [0.717, 1.165) is 22.2 Å². The third-order valence-corrected chi connectivity index (χ3v) is 3.90. The summed E-state index contributed by atoms with van der Waals surface area (Å²) in [6.07, 6.45) is 0.677. The molecule has 0 aliphatic carbocycles. The summed E-state index contributed by atoms with van der Waals surface area (Å²) in [5.74, 6) is 0.660. The fourth-order valence-corrected chi connectivity index (χ4v) is 2.48. The fraction of sp³-hybridized carbons (Fsp3) is 0.400. The minimum Gasteiger partial charge on any atom is -0.384 e. The molecule has 0 bridgehead atoms. The summed E-state index contributed by atoms with van der Waals surface area (Å²) in [5, 5.41) is 3.59. The molecule has 0 radical (unpaired) electrons.